The summed E-state index contributed by atoms with van der Waals surface area (Å²) in [6, 6.07) is 3.54. The molecule has 8 heteroatoms. The van der Waals surface area contributed by atoms with E-state index in [0.717, 1.165) is 9.13 Å². The molecular formula is C19H28INO6. The standard InChI is InChI=1S/C19H28INO6/c1-12(21-18(24)27-19(2,3)4)9-13-10-16(25-5)14(20)11-15(13)26-8-6-7-17(22)23/h10-12H,6-9H2,1-5H3,(H,21,24)(H,22,23). The first kappa shape index (κ1) is 23.3. The van der Waals surface area contributed by atoms with E-state index in [1.165, 1.54) is 0 Å². The summed E-state index contributed by atoms with van der Waals surface area (Å²) in [4.78, 5) is 22.6. The number of methoxy groups -OCH3 is 1. The van der Waals surface area contributed by atoms with E-state index < -0.39 is 17.7 Å². The van der Waals surface area contributed by atoms with Gasteiger partial charge in [0.15, 0.2) is 0 Å². The number of hydrogen-bond donors (Lipinski definition) is 2. The maximum atomic E-state index is 12.0. The number of nitrogens with one attached hydrogen (secondary N) is 1. The van der Waals surface area contributed by atoms with Crippen molar-refractivity contribution >= 4 is 34.7 Å². The lowest BCUT2D eigenvalue weighted by Crippen LogP contribution is -2.38. The summed E-state index contributed by atoms with van der Waals surface area (Å²) < 4.78 is 17.3. The van der Waals surface area contributed by atoms with Gasteiger partial charge >= 0.3 is 12.1 Å². The van der Waals surface area contributed by atoms with Gasteiger partial charge in [0.2, 0.25) is 0 Å². The number of rotatable bonds is 9. The third kappa shape index (κ3) is 9.16. The molecule has 0 aliphatic heterocycles. The van der Waals surface area contributed by atoms with Crippen LogP contribution in [0.15, 0.2) is 12.1 Å². The van der Waals surface area contributed by atoms with Gasteiger partial charge in [-0.3, -0.25) is 4.79 Å². The van der Waals surface area contributed by atoms with E-state index in [0.29, 0.717) is 30.9 Å². The van der Waals surface area contributed by atoms with Crippen LogP contribution < -0.4 is 14.8 Å². The molecule has 0 aliphatic carbocycles. The van der Waals surface area contributed by atoms with Crippen molar-refractivity contribution in [3.63, 3.8) is 0 Å². The fourth-order valence-corrected chi connectivity index (χ4v) is 2.98. The lowest BCUT2D eigenvalue weighted by molar-refractivity contribution is -0.137. The molecule has 0 bridgehead atoms. The van der Waals surface area contributed by atoms with E-state index in [-0.39, 0.29) is 12.5 Å². The van der Waals surface area contributed by atoms with Gasteiger partial charge in [-0.2, -0.15) is 0 Å². The molecule has 1 amide bonds. The van der Waals surface area contributed by atoms with Crippen LogP contribution in [0.3, 0.4) is 0 Å². The van der Waals surface area contributed by atoms with Crippen molar-refractivity contribution in [3.8, 4) is 11.5 Å². The Morgan fingerprint density at radius 2 is 1.93 bits per heavy atom. The van der Waals surface area contributed by atoms with Gasteiger partial charge in [-0.1, -0.05) is 0 Å². The molecule has 0 saturated heterocycles. The predicted molar refractivity (Wildman–Crippen MR) is 111 cm³/mol. The van der Waals surface area contributed by atoms with Gasteiger partial charge in [0.05, 0.1) is 17.3 Å². The SMILES string of the molecule is COc1cc(CC(C)NC(=O)OC(C)(C)C)c(OCCCC(=O)O)cc1I. The number of halogens is 1. The first-order valence-electron chi connectivity index (χ1n) is 8.72. The Morgan fingerprint density at radius 3 is 2.48 bits per heavy atom. The Bertz CT molecular complexity index is 656. The molecule has 0 spiro atoms. The van der Waals surface area contributed by atoms with Gasteiger partial charge in [0.1, 0.15) is 17.1 Å². The molecule has 0 radical (unpaired) electrons. The van der Waals surface area contributed by atoms with Crippen molar-refractivity contribution in [2.45, 2.75) is 58.6 Å². The van der Waals surface area contributed by atoms with E-state index in [4.69, 9.17) is 19.3 Å². The summed E-state index contributed by atoms with van der Waals surface area (Å²) in [5, 5.41) is 11.5. The molecule has 7 nitrogen and oxygen atoms in total. The van der Waals surface area contributed by atoms with E-state index >= 15 is 0 Å². The summed E-state index contributed by atoms with van der Waals surface area (Å²) in [7, 11) is 1.59. The summed E-state index contributed by atoms with van der Waals surface area (Å²) in [5.74, 6) is 0.523. The fourth-order valence-electron chi connectivity index (χ4n) is 2.32. The minimum atomic E-state index is -0.849. The van der Waals surface area contributed by atoms with Crippen LogP contribution in [0, 0.1) is 3.57 Å². The van der Waals surface area contributed by atoms with E-state index in [9.17, 15) is 9.59 Å². The largest absolute Gasteiger partial charge is 0.496 e. The van der Waals surface area contributed by atoms with Crippen LogP contribution in [0.2, 0.25) is 0 Å². The van der Waals surface area contributed by atoms with Gasteiger partial charge in [0, 0.05) is 12.5 Å². The van der Waals surface area contributed by atoms with Gasteiger partial charge in [-0.25, -0.2) is 4.79 Å². The average Bonchev–Trinajstić information content (AvgIpc) is 2.51. The third-order valence-corrected chi connectivity index (χ3v) is 4.26. The second-order valence-corrected chi connectivity index (χ2v) is 8.35. The molecule has 152 valence electrons. The monoisotopic (exact) mass is 493 g/mol. The summed E-state index contributed by atoms with van der Waals surface area (Å²) in [5.41, 5.74) is 0.306. The number of carbonyl (C=O) groups excluding carboxylic acids is 1. The van der Waals surface area contributed by atoms with Crippen molar-refractivity contribution in [1.29, 1.82) is 0 Å². The maximum Gasteiger partial charge on any atom is 0.407 e. The zero-order valence-corrected chi connectivity index (χ0v) is 18.6. The van der Waals surface area contributed by atoms with Crippen molar-refractivity contribution in [2.24, 2.45) is 0 Å². The first-order chi connectivity index (χ1) is 12.5. The number of hydrogen-bond acceptors (Lipinski definition) is 5. The second kappa shape index (κ2) is 10.6. The van der Waals surface area contributed by atoms with E-state index in [1.54, 1.807) is 7.11 Å². The smallest absolute Gasteiger partial charge is 0.407 e. The molecule has 0 saturated carbocycles. The van der Waals surface area contributed by atoms with Crippen LogP contribution in [-0.4, -0.2) is 42.5 Å². The highest BCUT2D eigenvalue weighted by atomic mass is 127. The second-order valence-electron chi connectivity index (χ2n) is 7.19. The zero-order valence-electron chi connectivity index (χ0n) is 16.4. The Morgan fingerprint density at radius 1 is 1.26 bits per heavy atom. The third-order valence-electron chi connectivity index (χ3n) is 3.42. The molecule has 1 aromatic rings. The highest BCUT2D eigenvalue weighted by Gasteiger charge is 2.19. The van der Waals surface area contributed by atoms with Crippen LogP contribution >= 0.6 is 22.6 Å². The zero-order chi connectivity index (χ0) is 20.6. The van der Waals surface area contributed by atoms with Crippen LogP contribution in [0.4, 0.5) is 4.79 Å². The number of ether oxygens (including phenoxy) is 3. The highest BCUT2D eigenvalue weighted by molar-refractivity contribution is 14.1. The molecule has 0 fully saturated rings. The van der Waals surface area contributed by atoms with Crippen molar-refractivity contribution in [2.75, 3.05) is 13.7 Å². The molecule has 1 aromatic carbocycles. The topological polar surface area (TPSA) is 94.1 Å². The van der Waals surface area contributed by atoms with Crippen LogP contribution in [0.5, 0.6) is 11.5 Å². The van der Waals surface area contributed by atoms with Crippen molar-refractivity contribution < 1.29 is 28.9 Å². The van der Waals surface area contributed by atoms with Gasteiger partial charge in [-0.05, 0) is 80.8 Å². The Labute approximate surface area is 173 Å². The molecule has 1 unspecified atom stereocenters. The predicted octanol–water partition coefficient (Wildman–Crippen LogP) is 4.00. The maximum absolute atomic E-state index is 12.0. The highest BCUT2D eigenvalue weighted by Crippen LogP contribution is 2.31. The number of benzene rings is 1. The molecule has 2 N–H and O–H groups in total. The van der Waals surface area contributed by atoms with Crippen LogP contribution in [0.1, 0.15) is 46.1 Å². The van der Waals surface area contributed by atoms with Gasteiger partial charge in [-0.15, -0.1) is 0 Å². The number of alkyl carbamates (subject to hydrolysis) is 1. The van der Waals surface area contributed by atoms with E-state index in [1.807, 2.05) is 39.8 Å². The number of carboxylic acid groups (broad SMARTS) is 1. The normalized spacial score (nSPS) is 12.2. The number of carbonyl (C=O) groups is 2. The first-order valence-corrected chi connectivity index (χ1v) is 9.80. The average molecular weight is 493 g/mol. The Balaban J connectivity index is 2.83. The van der Waals surface area contributed by atoms with Crippen molar-refractivity contribution in [1.82, 2.24) is 5.32 Å². The lowest BCUT2D eigenvalue weighted by atomic mass is 10.1. The van der Waals surface area contributed by atoms with Gasteiger partial charge in [0.25, 0.3) is 0 Å². The quantitative estimate of drug-likeness (QED) is 0.399. The number of amides is 1. The Hall–Kier alpha value is -1.71. The van der Waals surface area contributed by atoms with Crippen LogP contribution in [-0.2, 0) is 16.0 Å². The van der Waals surface area contributed by atoms with Crippen LogP contribution in [0.25, 0.3) is 0 Å². The summed E-state index contributed by atoms with van der Waals surface area (Å²) in [6.45, 7) is 7.61. The van der Waals surface area contributed by atoms with Gasteiger partial charge < -0.3 is 24.6 Å². The molecule has 27 heavy (non-hydrogen) atoms. The van der Waals surface area contributed by atoms with Crippen molar-refractivity contribution in [3.05, 3.63) is 21.3 Å². The molecule has 0 aromatic heterocycles. The molecule has 0 heterocycles. The van der Waals surface area contributed by atoms with E-state index in [2.05, 4.69) is 27.9 Å². The lowest BCUT2D eigenvalue weighted by Gasteiger charge is -2.22. The minimum Gasteiger partial charge on any atom is -0.496 e. The Kier molecular flexibility index (Phi) is 9.14. The fraction of sp³-hybridized carbons (Fsp3) is 0.579. The number of aliphatic carboxylic acids is 1. The summed E-state index contributed by atoms with van der Waals surface area (Å²) in [6.07, 6.45) is 0.514. The summed E-state index contributed by atoms with van der Waals surface area (Å²) >= 11 is 2.15. The molecule has 0 aliphatic rings. The number of carboxylic acids is 1. The molecular weight excluding hydrogens is 465 g/mol. The molecule has 1 atom stereocenters. The minimum absolute atomic E-state index is 0.0547. The molecule has 1 rings (SSSR count).